The first kappa shape index (κ1) is 24.4. The summed E-state index contributed by atoms with van der Waals surface area (Å²) in [5, 5.41) is 0. The van der Waals surface area contributed by atoms with Gasteiger partial charge in [0.05, 0.1) is 12.7 Å². The summed E-state index contributed by atoms with van der Waals surface area (Å²) in [7, 11) is 1.60. The molecule has 1 atom stereocenters. The number of nitrogens with zero attached hydrogens (tertiary/aromatic N) is 1. The predicted octanol–water partition coefficient (Wildman–Crippen LogP) is 5.94. The maximum Gasteiger partial charge on any atom is 0.339 e. The molecule has 0 aliphatic carbocycles. The highest BCUT2D eigenvalue weighted by Crippen LogP contribution is 2.20. The van der Waals surface area contributed by atoms with Gasteiger partial charge in [-0.2, -0.15) is 0 Å². The van der Waals surface area contributed by atoms with E-state index in [0.29, 0.717) is 24.4 Å². The molecule has 0 aliphatic rings. The second-order valence-electron chi connectivity index (χ2n) is 7.49. The van der Waals surface area contributed by atoms with Crippen LogP contribution in [0.5, 0.6) is 5.75 Å². The molecule has 3 aromatic rings. The van der Waals surface area contributed by atoms with E-state index in [9.17, 15) is 4.79 Å². The molecule has 0 amide bonds. The molecule has 0 heterocycles. The standard InChI is InChI=1S/C26H29NO3.ClH/c1-19-9-5-7-11-23(19)17-27(18-24-12-8-6-10-20(24)2)21(3)30-26(28)22-13-15-25(29-4)16-14-22;/h5-16,21H,17-18H2,1-4H3;1H. The molecule has 1 unspecified atom stereocenters. The first-order chi connectivity index (χ1) is 14.5. The summed E-state index contributed by atoms with van der Waals surface area (Å²) >= 11 is 0. The van der Waals surface area contributed by atoms with Gasteiger partial charge >= 0.3 is 5.97 Å². The van der Waals surface area contributed by atoms with Crippen molar-refractivity contribution in [1.82, 2.24) is 4.90 Å². The fourth-order valence-corrected chi connectivity index (χ4v) is 3.35. The van der Waals surface area contributed by atoms with Gasteiger partial charge in [0.2, 0.25) is 0 Å². The molecule has 0 radical (unpaired) electrons. The second-order valence-corrected chi connectivity index (χ2v) is 7.49. The van der Waals surface area contributed by atoms with Gasteiger partial charge in [0, 0.05) is 13.1 Å². The van der Waals surface area contributed by atoms with Crippen LogP contribution in [0.25, 0.3) is 0 Å². The molecule has 4 nitrogen and oxygen atoms in total. The molecule has 0 spiro atoms. The zero-order valence-electron chi connectivity index (χ0n) is 18.5. The van der Waals surface area contributed by atoms with E-state index in [2.05, 4.69) is 43.0 Å². The van der Waals surface area contributed by atoms with Crippen LogP contribution in [0.3, 0.4) is 0 Å². The van der Waals surface area contributed by atoms with E-state index in [4.69, 9.17) is 9.47 Å². The molecule has 0 saturated heterocycles. The van der Waals surface area contributed by atoms with E-state index in [1.165, 1.54) is 22.3 Å². The number of carbonyl (C=O) groups is 1. The van der Waals surface area contributed by atoms with Gasteiger partial charge in [-0.3, -0.25) is 4.90 Å². The number of carbonyl (C=O) groups excluding carboxylic acids is 1. The Hall–Kier alpha value is -2.82. The van der Waals surface area contributed by atoms with Crippen LogP contribution >= 0.6 is 12.4 Å². The molecule has 3 aromatic carbocycles. The second kappa shape index (κ2) is 11.5. The molecule has 0 saturated carbocycles. The van der Waals surface area contributed by atoms with Gasteiger partial charge in [-0.1, -0.05) is 48.5 Å². The van der Waals surface area contributed by atoms with Crippen LogP contribution in [0.15, 0.2) is 72.8 Å². The summed E-state index contributed by atoms with van der Waals surface area (Å²) in [4.78, 5) is 14.9. The van der Waals surface area contributed by atoms with Crippen LogP contribution in [0.1, 0.15) is 39.5 Å². The Morgan fingerprint density at radius 3 is 1.77 bits per heavy atom. The molecule has 0 aliphatic heterocycles. The van der Waals surface area contributed by atoms with Crippen molar-refractivity contribution in [3.63, 3.8) is 0 Å². The fraction of sp³-hybridized carbons (Fsp3) is 0.269. The summed E-state index contributed by atoms with van der Waals surface area (Å²) in [6.45, 7) is 7.53. The third-order valence-corrected chi connectivity index (χ3v) is 5.39. The monoisotopic (exact) mass is 439 g/mol. The van der Waals surface area contributed by atoms with Crippen molar-refractivity contribution in [3.8, 4) is 5.75 Å². The Balaban J connectivity index is 0.00000341. The molecule has 0 aromatic heterocycles. The van der Waals surface area contributed by atoms with Crippen molar-refractivity contribution in [1.29, 1.82) is 0 Å². The number of ether oxygens (including phenoxy) is 2. The summed E-state index contributed by atoms with van der Waals surface area (Å²) in [6, 6.07) is 23.6. The zero-order valence-corrected chi connectivity index (χ0v) is 19.3. The number of hydrogen-bond acceptors (Lipinski definition) is 4. The van der Waals surface area contributed by atoms with Gasteiger partial charge in [-0.15, -0.1) is 12.4 Å². The number of benzene rings is 3. The van der Waals surface area contributed by atoms with E-state index < -0.39 is 0 Å². The number of rotatable bonds is 8. The van der Waals surface area contributed by atoms with E-state index >= 15 is 0 Å². The molecular formula is C26H30ClNO3. The molecule has 5 heteroatoms. The number of esters is 1. The predicted molar refractivity (Wildman–Crippen MR) is 127 cm³/mol. The lowest BCUT2D eigenvalue weighted by Crippen LogP contribution is -2.36. The number of hydrogen-bond donors (Lipinski definition) is 0. The van der Waals surface area contributed by atoms with Gasteiger partial charge in [0.25, 0.3) is 0 Å². The average molecular weight is 440 g/mol. The van der Waals surface area contributed by atoms with Crippen molar-refractivity contribution in [2.75, 3.05) is 7.11 Å². The average Bonchev–Trinajstić information content (AvgIpc) is 2.76. The van der Waals surface area contributed by atoms with Crippen LogP contribution in [0.4, 0.5) is 0 Å². The van der Waals surface area contributed by atoms with E-state index in [1.807, 2.05) is 31.2 Å². The van der Waals surface area contributed by atoms with E-state index in [1.54, 1.807) is 31.4 Å². The molecule has 164 valence electrons. The molecule has 3 rings (SSSR count). The SMILES string of the molecule is COc1ccc(C(=O)OC(C)N(Cc2ccccc2C)Cc2ccccc2C)cc1.Cl. The summed E-state index contributed by atoms with van der Waals surface area (Å²) in [6.07, 6.45) is -0.390. The van der Waals surface area contributed by atoms with Gasteiger partial charge in [-0.05, 0) is 67.3 Å². The molecule has 0 fully saturated rings. The quantitative estimate of drug-likeness (QED) is 0.321. The Morgan fingerprint density at radius 1 is 0.839 bits per heavy atom. The van der Waals surface area contributed by atoms with Gasteiger partial charge in [0.1, 0.15) is 5.75 Å². The smallest absolute Gasteiger partial charge is 0.339 e. The number of methoxy groups -OCH3 is 1. The Labute approximate surface area is 191 Å². The van der Waals surface area contributed by atoms with Crippen molar-refractivity contribution in [2.24, 2.45) is 0 Å². The van der Waals surface area contributed by atoms with Crippen molar-refractivity contribution in [3.05, 3.63) is 101 Å². The minimum atomic E-state index is -0.390. The van der Waals surface area contributed by atoms with Crippen LogP contribution < -0.4 is 4.74 Å². The molecule has 31 heavy (non-hydrogen) atoms. The Morgan fingerprint density at radius 2 is 1.32 bits per heavy atom. The van der Waals surface area contributed by atoms with Crippen LogP contribution in [-0.2, 0) is 17.8 Å². The lowest BCUT2D eigenvalue weighted by molar-refractivity contribution is -0.0309. The van der Waals surface area contributed by atoms with Gasteiger partial charge in [-0.25, -0.2) is 4.79 Å². The lowest BCUT2D eigenvalue weighted by Gasteiger charge is -2.30. The highest BCUT2D eigenvalue weighted by atomic mass is 35.5. The minimum absolute atomic E-state index is 0. The van der Waals surface area contributed by atoms with Gasteiger partial charge in [0.15, 0.2) is 6.23 Å². The molecule has 0 N–H and O–H groups in total. The highest BCUT2D eigenvalue weighted by Gasteiger charge is 2.21. The Kier molecular flexibility index (Phi) is 9.10. The normalized spacial score (nSPS) is 11.5. The maximum atomic E-state index is 12.7. The molecular weight excluding hydrogens is 410 g/mol. The van der Waals surface area contributed by atoms with E-state index in [0.717, 1.165) is 0 Å². The first-order valence-corrected chi connectivity index (χ1v) is 10.2. The summed E-state index contributed by atoms with van der Waals surface area (Å²) < 4.78 is 11.0. The highest BCUT2D eigenvalue weighted by molar-refractivity contribution is 5.89. The van der Waals surface area contributed by atoms with E-state index in [-0.39, 0.29) is 24.6 Å². The summed E-state index contributed by atoms with van der Waals surface area (Å²) in [5.74, 6) is 0.366. The Bertz CT molecular complexity index is 940. The third-order valence-electron chi connectivity index (χ3n) is 5.39. The van der Waals surface area contributed by atoms with Gasteiger partial charge < -0.3 is 9.47 Å². The van der Waals surface area contributed by atoms with Crippen LogP contribution in [0, 0.1) is 13.8 Å². The number of halogens is 1. The number of aryl methyl sites for hydroxylation is 2. The minimum Gasteiger partial charge on any atom is -0.497 e. The van der Waals surface area contributed by atoms with Crippen molar-refractivity contribution >= 4 is 18.4 Å². The van der Waals surface area contributed by atoms with Crippen molar-refractivity contribution < 1.29 is 14.3 Å². The summed E-state index contributed by atoms with van der Waals surface area (Å²) in [5.41, 5.74) is 5.40. The van der Waals surface area contributed by atoms with Crippen LogP contribution in [0.2, 0.25) is 0 Å². The largest absolute Gasteiger partial charge is 0.497 e. The maximum absolute atomic E-state index is 12.7. The molecule has 0 bridgehead atoms. The lowest BCUT2D eigenvalue weighted by atomic mass is 10.1. The zero-order chi connectivity index (χ0) is 21.5. The fourth-order valence-electron chi connectivity index (χ4n) is 3.35. The van der Waals surface area contributed by atoms with Crippen LogP contribution in [-0.4, -0.2) is 24.2 Å². The van der Waals surface area contributed by atoms with Crippen molar-refractivity contribution in [2.45, 2.75) is 40.1 Å². The topological polar surface area (TPSA) is 38.8 Å². The third kappa shape index (κ3) is 6.58. The first-order valence-electron chi connectivity index (χ1n) is 10.2.